The number of thiophene rings is 1. The van der Waals surface area contributed by atoms with Crippen LogP contribution in [0.5, 0.6) is 0 Å². The van der Waals surface area contributed by atoms with Gasteiger partial charge < -0.3 is 25.5 Å². The summed E-state index contributed by atoms with van der Waals surface area (Å²) in [6, 6.07) is 10.6. The summed E-state index contributed by atoms with van der Waals surface area (Å²) in [6.45, 7) is 1.57. The van der Waals surface area contributed by atoms with Crippen LogP contribution in [0.1, 0.15) is 35.3 Å². The van der Waals surface area contributed by atoms with Gasteiger partial charge >= 0.3 is 5.97 Å². The standard InChI is InChI=1S/C23H22N6O5S/c1-27-7-6-13-10-14(2-3-15(13)23(27)34)28-8-9-29-19(28)11-18(26-29)25-22(33)17-5-4-16(35-17)21(32)24-12-20(30)31/h2-5,10-11H,6-9,12H2,1H3,(H,24,32)(H,30,31)(H,25,26,33). The van der Waals surface area contributed by atoms with E-state index in [9.17, 15) is 19.2 Å². The first-order chi connectivity index (χ1) is 16.8. The highest BCUT2D eigenvalue weighted by atomic mass is 32.1. The molecule has 0 atom stereocenters. The number of likely N-dealkylation sites (N-methyl/N-ethyl adjacent to an activating group) is 1. The third-order valence-corrected chi connectivity index (χ3v) is 7.04. The molecule has 0 radical (unpaired) electrons. The van der Waals surface area contributed by atoms with Gasteiger partial charge in [-0.05, 0) is 42.3 Å². The van der Waals surface area contributed by atoms with Crippen LogP contribution in [-0.4, -0.2) is 70.2 Å². The van der Waals surface area contributed by atoms with Gasteiger partial charge in [-0.3, -0.25) is 19.2 Å². The molecular weight excluding hydrogens is 472 g/mol. The molecule has 3 amide bonds. The highest BCUT2D eigenvalue weighted by molar-refractivity contribution is 7.16. The zero-order valence-corrected chi connectivity index (χ0v) is 19.6. The average Bonchev–Trinajstić information content (AvgIpc) is 3.56. The minimum absolute atomic E-state index is 0.0327. The molecule has 0 aliphatic carbocycles. The fourth-order valence-electron chi connectivity index (χ4n) is 4.18. The number of carboxylic acid groups (broad SMARTS) is 1. The third kappa shape index (κ3) is 4.35. The molecule has 12 heteroatoms. The molecule has 0 saturated heterocycles. The second kappa shape index (κ2) is 8.87. The maximum atomic E-state index is 12.7. The molecule has 180 valence electrons. The normalized spacial score (nSPS) is 14.5. The van der Waals surface area contributed by atoms with Crippen LogP contribution in [0.2, 0.25) is 0 Å². The summed E-state index contributed by atoms with van der Waals surface area (Å²) in [5, 5.41) is 18.2. The Morgan fingerprint density at radius 2 is 1.83 bits per heavy atom. The number of carbonyl (C=O) groups is 4. The summed E-state index contributed by atoms with van der Waals surface area (Å²) in [5.74, 6) is -0.857. The smallest absolute Gasteiger partial charge is 0.322 e. The van der Waals surface area contributed by atoms with Gasteiger partial charge in [0.25, 0.3) is 17.7 Å². The molecule has 4 heterocycles. The number of aromatic nitrogens is 2. The first kappa shape index (κ1) is 22.6. The number of nitrogens with one attached hydrogen (secondary N) is 2. The average molecular weight is 495 g/mol. The lowest BCUT2D eigenvalue weighted by molar-refractivity contribution is -0.135. The molecule has 0 bridgehead atoms. The van der Waals surface area contributed by atoms with Crippen molar-refractivity contribution in [1.82, 2.24) is 20.0 Å². The Hall–Kier alpha value is -4.19. The van der Waals surface area contributed by atoms with Crippen molar-refractivity contribution in [2.75, 3.05) is 36.9 Å². The number of carboxylic acids is 1. The van der Waals surface area contributed by atoms with E-state index >= 15 is 0 Å². The van der Waals surface area contributed by atoms with E-state index in [2.05, 4.69) is 20.6 Å². The Morgan fingerprint density at radius 1 is 1.06 bits per heavy atom. The first-order valence-corrected chi connectivity index (χ1v) is 11.8. The van der Waals surface area contributed by atoms with E-state index < -0.39 is 24.3 Å². The highest BCUT2D eigenvalue weighted by Gasteiger charge is 2.27. The Kier molecular flexibility index (Phi) is 5.73. The number of nitrogens with zero attached hydrogens (tertiary/aromatic N) is 4. The predicted molar refractivity (Wildman–Crippen MR) is 129 cm³/mol. The van der Waals surface area contributed by atoms with E-state index in [1.807, 2.05) is 22.9 Å². The lowest BCUT2D eigenvalue weighted by Gasteiger charge is -2.26. The van der Waals surface area contributed by atoms with Gasteiger partial charge in [0.2, 0.25) is 0 Å². The first-order valence-electron chi connectivity index (χ1n) is 10.9. The van der Waals surface area contributed by atoms with Crippen LogP contribution in [0.4, 0.5) is 17.3 Å². The van der Waals surface area contributed by atoms with Crippen molar-refractivity contribution < 1.29 is 24.3 Å². The molecule has 3 aromatic rings. The van der Waals surface area contributed by atoms with Crippen LogP contribution in [-0.2, 0) is 17.8 Å². The molecule has 11 nitrogen and oxygen atoms in total. The molecule has 2 aromatic heterocycles. The van der Waals surface area contributed by atoms with Crippen molar-refractivity contribution in [1.29, 1.82) is 0 Å². The van der Waals surface area contributed by atoms with Crippen molar-refractivity contribution in [3.05, 3.63) is 57.3 Å². The summed E-state index contributed by atoms with van der Waals surface area (Å²) in [5.41, 5.74) is 2.72. The van der Waals surface area contributed by atoms with E-state index in [0.717, 1.165) is 46.9 Å². The molecule has 0 fully saturated rings. The van der Waals surface area contributed by atoms with Crippen molar-refractivity contribution in [3.63, 3.8) is 0 Å². The zero-order valence-electron chi connectivity index (χ0n) is 18.8. The van der Waals surface area contributed by atoms with Gasteiger partial charge in [-0.1, -0.05) is 0 Å². The largest absolute Gasteiger partial charge is 0.480 e. The monoisotopic (exact) mass is 494 g/mol. The molecule has 0 saturated carbocycles. The van der Waals surface area contributed by atoms with Crippen molar-refractivity contribution in [2.24, 2.45) is 0 Å². The van der Waals surface area contributed by atoms with E-state index in [4.69, 9.17) is 5.11 Å². The number of hydrogen-bond donors (Lipinski definition) is 3. The molecule has 3 N–H and O–H groups in total. The minimum Gasteiger partial charge on any atom is -0.480 e. The fraction of sp³-hybridized carbons (Fsp3) is 0.261. The van der Waals surface area contributed by atoms with Crippen molar-refractivity contribution >= 4 is 52.4 Å². The number of fused-ring (bicyclic) bond motifs is 2. The summed E-state index contributed by atoms with van der Waals surface area (Å²) in [6.07, 6.45) is 0.803. The number of benzene rings is 1. The summed E-state index contributed by atoms with van der Waals surface area (Å²) < 4.78 is 1.81. The molecule has 35 heavy (non-hydrogen) atoms. The van der Waals surface area contributed by atoms with Gasteiger partial charge in [0, 0.05) is 37.5 Å². The summed E-state index contributed by atoms with van der Waals surface area (Å²) in [4.78, 5) is 52.0. The Bertz CT molecular complexity index is 1360. The van der Waals surface area contributed by atoms with Crippen LogP contribution in [0.25, 0.3) is 0 Å². The Balaban J connectivity index is 1.29. The lowest BCUT2D eigenvalue weighted by atomic mass is 9.98. The molecule has 0 unspecified atom stereocenters. The fourth-order valence-corrected chi connectivity index (χ4v) is 5.00. The Labute approximate surface area is 203 Å². The quantitative estimate of drug-likeness (QED) is 0.475. The van der Waals surface area contributed by atoms with E-state index in [-0.39, 0.29) is 10.8 Å². The number of carbonyl (C=O) groups excluding carboxylic acids is 3. The van der Waals surface area contributed by atoms with E-state index in [1.165, 1.54) is 12.1 Å². The number of hydrogen-bond acceptors (Lipinski definition) is 7. The number of amides is 3. The molecule has 2 aliphatic heterocycles. The number of rotatable bonds is 6. The second-order valence-electron chi connectivity index (χ2n) is 8.28. The maximum Gasteiger partial charge on any atom is 0.322 e. The zero-order chi connectivity index (χ0) is 24.7. The SMILES string of the molecule is CN1CCc2cc(N3CCn4nc(NC(=O)c5ccc(C(=O)NCC(=O)O)s5)cc43)ccc2C1=O. The van der Waals surface area contributed by atoms with Gasteiger partial charge in [-0.25, -0.2) is 4.68 Å². The van der Waals surface area contributed by atoms with Crippen molar-refractivity contribution in [3.8, 4) is 0 Å². The van der Waals surface area contributed by atoms with Crippen LogP contribution in [0, 0.1) is 0 Å². The van der Waals surface area contributed by atoms with E-state index in [0.29, 0.717) is 23.8 Å². The minimum atomic E-state index is -1.15. The summed E-state index contributed by atoms with van der Waals surface area (Å²) in [7, 11) is 1.80. The van der Waals surface area contributed by atoms with Crippen LogP contribution in [0.15, 0.2) is 36.4 Å². The van der Waals surface area contributed by atoms with Gasteiger partial charge in [-0.2, -0.15) is 5.10 Å². The van der Waals surface area contributed by atoms with Crippen LogP contribution in [0.3, 0.4) is 0 Å². The topological polar surface area (TPSA) is 137 Å². The van der Waals surface area contributed by atoms with Gasteiger partial charge in [0.15, 0.2) is 5.82 Å². The number of anilines is 3. The van der Waals surface area contributed by atoms with Crippen molar-refractivity contribution in [2.45, 2.75) is 13.0 Å². The Morgan fingerprint density at radius 3 is 2.60 bits per heavy atom. The van der Waals surface area contributed by atoms with Crippen LogP contribution >= 0.6 is 11.3 Å². The third-order valence-electron chi connectivity index (χ3n) is 5.96. The number of aliphatic carboxylic acids is 1. The molecule has 5 rings (SSSR count). The molecule has 1 aromatic carbocycles. The molecule has 0 spiro atoms. The van der Waals surface area contributed by atoms with Gasteiger partial charge in [0.1, 0.15) is 12.4 Å². The summed E-state index contributed by atoms with van der Waals surface area (Å²) >= 11 is 0.969. The van der Waals surface area contributed by atoms with E-state index in [1.54, 1.807) is 18.0 Å². The molecular formula is C23H22N6O5S. The van der Waals surface area contributed by atoms with Gasteiger partial charge in [0.05, 0.1) is 16.3 Å². The predicted octanol–water partition coefficient (Wildman–Crippen LogP) is 1.79. The highest BCUT2D eigenvalue weighted by Crippen LogP contribution is 2.34. The maximum absolute atomic E-state index is 12.7. The lowest BCUT2D eigenvalue weighted by Crippen LogP contribution is -2.34. The van der Waals surface area contributed by atoms with Gasteiger partial charge in [-0.15, -0.1) is 11.3 Å². The second-order valence-corrected chi connectivity index (χ2v) is 9.36. The molecule has 2 aliphatic rings. The van der Waals surface area contributed by atoms with Crippen LogP contribution < -0.4 is 15.5 Å².